The highest BCUT2D eigenvalue weighted by atomic mass is 16.5. The van der Waals surface area contributed by atoms with Crippen LogP contribution in [-0.2, 0) is 4.74 Å². The molecule has 0 aromatic heterocycles. The van der Waals surface area contributed by atoms with Gasteiger partial charge in [-0.25, -0.2) is 0 Å². The summed E-state index contributed by atoms with van der Waals surface area (Å²) >= 11 is 0. The molecule has 10 heavy (non-hydrogen) atoms. The van der Waals surface area contributed by atoms with Crippen LogP contribution in [0.25, 0.3) is 0 Å². The lowest BCUT2D eigenvalue weighted by Crippen LogP contribution is -2.20. The molecule has 0 radical (unpaired) electrons. The van der Waals surface area contributed by atoms with E-state index in [2.05, 4.69) is 13.5 Å². The van der Waals surface area contributed by atoms with Crippen molar-refractivity contribution >= 4 is 0 Å². The standard InChI is InChI=1S/C9H16O/c1-3-8(2)9-6-4-5-7-10-9/h9H,2-7H2,1H3. The van der Waals surface area contributed by atoms with Crippen molar-refractivity contribution in [2.75, 3.05) is 6.61 Å². The highest BCUT2D eigenvalue weighted by Crippen LogP contribution is 2.19. The Morgan fingerprint density at radius 1 is 1.60 bits per heavy atom. The summed E-state index contributed by atoms with van der Waals surface area (Å²) in [6.45, 7) is 7.05. The quantitative estimate of drug-likeness (QED) is 0.535. The van der Waals surface area contributed by atoms with Gasteiger partial charge < -0.3 is 4.74 Å². The zero-order valence-corrected chi connectivity index (χ0v) is 6.73. The Kier molecular flexibility index (Phi) is 2.94. The Bertz CT molecular complexity index is 112. The van der Waals surface area contributed by atoms with E-state index in [4.69, 9.17) is 4.74 Å². The summed E-state index contributed by atoms with van der Waals surface area (Å²) < 4.78 is 5.53. The molecule has 0 aromatic carbocycles. The van der Waals surface area contributed by atoms with Gasteiger partial charge in [0.2, 0.25) is 0 Å². The third kappa shape index (κ3) is 1.84. The van der Waals surface area contributed by atoms with E-state index in [9.17, 15) is 0 Å². The minimum absolute atomic E-state index is 0.374. The molecule has 1 atom stereocenters. The summed E-state index contributed by atoms with van der Waals surface area (Å²) in [5.74, 6) is 0. The van der Waals surface area contributed by atoms with Crippen LogP contribution in [0.15, 0.2) is 12.2 Å². The second-order valence-corrected chi connectivity index (χ2v) is 2.87. The highest BCUT2D eigenvalue weighted by molar-refractivity contribution is 5.01. The molecule has 1 aliphatic heterocycles. The lowest BCUT2D eigenvalue weighted by atomic mass is 10.0. The van der Waals surface area contributed by atoms with Gasteiger partial charge in [0.25, 0.3) is 0 Å². The summed E-state index contributed by atoms with van der Waals surface area (Å²) in [7, 11) is 0. The summed E-state index contributed by atoms with van der Waals surface area (Å²) in [5.41, 5.74) is 1.26. The molecule has 1 saturated heterocycles. The molecule has 1 nitrogen and oxygen atoms in total. The molecule has 1 unspecified atom stereocenters. The molecular weight excluding hydrogens is 124 g/mol. The minimum Gasteiger partial charge on any atom is -0.374 e. The normalized spacial score (nSPS) is 26.3. The second-order valence-electron chi connectivity index (χ2n) is 2.87. The maximum atomic E-state index is 5.53. The Morgan fingerprint density at radius 3 is 2.90 bits per heavy atom. The monoisotopic (exact) mass is 140 g/mol. The smallest absolute Gasteiger partial charge is 0.0782 e. The molecule has 1 aliphatic rings. The third-order valence-electron chi connectivity index (χ3n) is 2.09. The van der Waals surface area contributed by atoms with Crippen LogP contribution in [0.5, 0.6) is 0 Å². The molecule has 1 heterocycles. The van der Waals surface area contributed by atoms with Gasteiger partial charge in [-0.15, -0.1) is 0 Å². The topological polar surface area (TPSA) is 9.23 Å². The van der Waals surface area contributed by atoms with Crippen LogP contribution in [0.2, 0.25) is 0 Å². The SMILES string of the molecule is C=C(CC)C1CCCCO1. The molecule has 0 saturated carbocycles. The Balaban J connectivity index is 2.31. The van der Waals surface area contributed by atoms with Gasteiger partial charge in [-0.05, 0) is 31.3 Å². The van der Waals surface area contributed by atoms with Gasteiger partial charge in [-0.2, -0.15) is 0 Å². The zero-order valence-electron chi connectivity index (χ0n) is 6.73. The molecule has 1 heteroatoms. The van der Waals surface area contributed by atoms with E-state index in [1.165, 1.54) is 24.8 Å². The van der Waals surface area contributed by atoms with E-state index < -0.39 is 0 Å². The molecule has 58 valence electrons. The van der Waals surface area contributed by atoms with Crippen LogP contribution in [-0.4, -0.2) is 12.7 Å². The average Bonchev–Trinajstić information content (AvgIpc) is 2.05. The predicted molar refractivity (Wildman–Crippen MR) is 43.0 cm³/mol. The van der Waals surface area contributed by atoms with Crippen molar-refractivity contribution in [3.05, 3.63) is 12.2 Å². The van der Waals surface area contributed by atoms with Crippen molar-refractivity contribution in [1.29, 1.82) is 0 Å². The molecular formula is C9H16O. The number of ether oxygens (including phenoxy) is 1. The van der Waals surface area contributed by atoms with Gasteiger partial charge in [0.1, 0.15) is 0 Å². The maximum Gasteiger partial charge on any atom is 0.0782 e. The largest absolute Gasteiger partial charge is 0.374 e. The summed E-state index contributed by atoms with van der Waals surface area (Å²) in [5, 5.41) is 0. The lowest BCUT2D eigenvalue weighted by molar-refractivity contribution is 0.0380. The summed E-state index contributed by atoms with van der Waals surface area (Å²) in [6.07, 6.45) is 5.16. The maximum absolute atomic E-state index is 5.53. The minimum atomic E-state index is 0.374. The molecule has 0 aliphatic carbocycles. The van der Waals surface area contributed by atoms with Gasteiger partial charge in [0.05, 0.1) is 6.10 Å². The van der Waals surface area contributed by atoms with Crippen molar-refractivity contribution in [2.45, 2.75) is 38.7 Å². The first-order valence-electron chi connectivity index (χ1n) is 4.14. The van der Waals surface area contributed by atoms with Gasteiger partial charge in [-0.1, -0.05) is 13.5 Å². The van der Waals surface area contributed by atoms with Crippen LogP contribution < -0.4 is 0 Å². The molecule has 1 fully saturated rings. The number of hydrogen-bond acceptors (Lipinski definition) is 1. The van der Waals surface area contributed by atoms with Gasteiger partial charge >= 0.3 is 0 Å². The van der Waals surface area contributed by atoms with Crippen molar-refractivity contribution in [1.82, 2.24) is 0 Å². The van der Waals surface area contributed by atoms with Crippen LogP contribution in [0, 0.1) is 0 Å². The molecule has 0 spiro atoms. The Hall–Kier alpha value is -0.300. The van der Waals surface area contributed by atoms with Crippen molar-refractivity contribution in [2.24, 2.45) is 0 Å². The molecule has 0 bridgehead atoms. The lowest BCUT2D eigenvalue weighted by Gasteiger charge is -2.23. The molecule has 0 N–H and O–H groups in total. The van der Waals surface area contributed by atoms with Crippen molar-refractivity contribution in [3.63, 3.8) is 0 Å². The fourth-order valence-electron chi connectivity index (χ4n) is 1.29. The van der Waals surface area contributed by atoms with Gasteiger partial charge in [-0.3, -0.25) is 0 Å². The van der Waals surface area contributed by atoms with E-state index in [-0.39, 0.29) is 0 Å². The van der Waals surface area contributed by atoms with E-state index in [0.29, 0.717) is 6.10 Å². The third-order valence-corrected chi connectivity index (χ3v) is 2.09. The second kappa shape index (κ2) is 3.77. The van der Waals surface area contributed by atoms with Crippen LogP contribution in [0.3, 0.4) is 0 Å². The average molecular weight is 140 g/mol. The first-order valence-corrected chi connectivity index (χ1v) is 4.14. The Morgan fingerprint density at radius 2 is 2.40 bits per heavy atom. The van der Waals surface area contributed by atoms with E-state index in [0.717, 1.165) is 13.0 Å². The van der Waals surface area contributed by atoms with E-state index >= 15 is 0 Å². The first kappa shape index (κ1) is 7.80. The van der Waals surface area contributed by atoms with Crippen LogP contribution >= 0.6 is 0 Å². The number of rotatable bonds is 2. The van der Waals surface area contributed by atoms with E-state index in [1.54, 1.807) is 0 Å². The predicted octanol–water partition coefficient (Wildman–Crippen LogP) is 2.52. The van der Waals surface area contributed by atoms with Crippen LogP contribution in [0.1, 0.15) is 32.6 Å². The molecule has 1 rings (SSSR count). The highest BCUT2D eigenvalue weighted by Gasteiger charge is 2.14. The molecule has 0 aromatic rings. The molecule has 0 amide bonds. The van der Waals surface area contributed by atoms with Gasteiger partial charge in [0.15, 0.2) is 0 Å². The summed E-state index contributed by atoms with van der Waals surface area (Å²) in [6, 6.07) is 0. The first-order chi connectivity index (χ1) is 4.84. The van der Waals surface area contributed by atoms with Gasteiger partial charge in [0, 0.05) is 6.61 Å². The fourth-order valence-corrected chi connectivity index (χ4v) is 1.29. The van der Waals surface area contributed by atoms with Crippen LogP contribution in [0.4, 0.5) is 0 Å². The Labute approximate surface area is 63.1 Å². The van der Waals surface area contributed by atoms with E-state index in [1.807, 2.05) is 0 Å². The summed E-state index contributed by atoms with van der Waals surface area (Å²) in [4.78, 5) is 0. The van der Waals surface area contributed by atoms with Crippen molar-refractivity contribution < 1.29 is 4.74 Å². The van der Waals surface area contributed by atoms with Crippen molar-refractivity contribution in [3.8, 4) is 0 Å². The zero-order chi connectivity index (χ0) is 7.40. The number of hydrogen-bond donors (Lipinski definition) is 0. The fraction of sp³-hybridized carbons (Fsp3) is 0.778.